The highest BCUT2D eigenvalue weighted by molar-refractivity contribution is 7.93. The fourth-order valence-corrected chi connectivity index (χ4v) is 7.30. The number of sulfone groups is 1. The van der Waals surface area contributed by atoms with Crippen LogP contribution in [0.5, 0.6) is 11.5 Å². The van der Waals surface area contributed by atoms with Crippen LogP contribution in [0.15, 0.2) is 82.1 Å². The van der Waals surface area contributed by atoms with E-state index in [0.717, 1.165) is 40.7 Å². The van der Waals surface area contributed by atoms with Gasteiger partial charge in [0, 0.05) is 24.7 Å². The van der Waals surface area contributed by atoms with Crippen molar-refractivity contribution in [2.75, 3.05) is 27.3 Å². The first-order chi connectivity index (χ1) is 18.0. The number of sulfonamides is 1. The molecule has 1 heterocycles. The molecule has 38 heavy (non-hydrogen) atoms. The van der Waals surface area contributed by atoms with Crippen molar-refractivity contribution < 1.29 is 39.9 Å². The van der Waals surface area contributed by atoms with E-state index >= 15 is 0 Å². The van der Waals surface area contributed by atoms with E-state index in [-0.39, 0.29) is 10.5 Å². The Morgan fingerprint density at radius 3 is 2.08 bits per heavy atom. The van der Waals surface area contributed by atoms with Crippen LogP contribution < -0.4 is 9.47 Å². The second kappa shape index (κ2) is 10.6. The van der Waals surface area contributed by atoms with Crippen molar-refractivity contribution in [1.82, 2.24) is 4.31 Å². The quantitative estimate of drug-likeness (QED) is 0.405. The predicted molar refractivity (Wildman–Crippen MR) is 135 cm³/mol. The molecular formula is C26H23F2NO7S2. The van der Waals surface area contributed by atoms with Gasteiger partial charge in [0.25, 0.3) is 0 Å². The third-order valence-electron chi connectivity index (χ3n) is 6.01. The third kappa shape index (κ3) is 5.33. The van der Waals surface area contributed by atoms with E-state index in [1.165, 1.54) is 32.4 Å². The number of hydrogen-bond donors (Lipinski definition) is 0. The molecule has 1 aliphatic rings. The fourth-order valence-electron chi connectivity index (χ4n) is 4.04. The average Bonchev–Trinajstić information content (AvgIpc) is 2.89. The maximum atomic E-state index is 14.5. The zero-order valence-corrected chi connectivity index (χ0v) is 21.9. The molecule has 1 unspecified atom stereocenters. The SMILES string of the molecule is COc1cc(C=C2CN(S(=O)(=O)c3ccc(F)cc3)CC(S(=O)(=O)c3ccccc3F)C2=O)cc(OC)c1. The number of benzene rings is 3. The molecule has 1 saturated heterocycles. The lowest BCUT2D eigenvalue weighted by Gasteiger charge is -2.32. The molecule has 0 aliphatic carbocycles. The third-order valence-corrected chi connectivity index (χ3v) is 9.89. The number of hydrogen-bond acceptors (Lipinski definition) is 7. The van der Waals surface area contributed by atoms with Gasteiger partial charge in [0.15, 0.2) is 15.6 Å². The van der Waals surface area contributed by atoms with E-state index in [2.05, 4.69) is 0 Å². The van der Waals surface area contributed by atoms with Crippen molar-refractivity contribution in [2.45, 2.75) is 15.0 Å². The molecule has 0 amide bonds. The highest BCUT2D eigenvalue weighted by Gasteiger charge is 2.45. The fraction of sp³-hybridized carbons (Fsp3) is 0.192. The first-order valence-electron chi connectivity index (χ1n) is 11.2. The Morgan fingerprint density at radius 2 is 1.50 bits per heavy atom. The number of Topliss-reactive ketones (excluding diaryl/α,β-unsaturated/α-hetero) is 1. The Hall–Kier alpha value is -3.61. The Bertz CT molecular complexity index is 1600. The number of piperidine rings is 1. The molecule has 8 nitrogen and oxygen atoms in total. The van der Waals surface area contributed by atoms with Crippen LogP contribution in [0, 0.1) is 11.6 Å². The summed E-state index contributed by atoms with van der Waals surface area (Å²) in [6.45, 7) is -1.23. The van der Waals surface area contributed by atoms with Crippen LogP contribution in [0.2, 0.25) is 0 Å². The van der Waals surface area contributed by atoms with Gasteiger partial charge in [0.05, 0.1) is 19.1 Å². The monoisotopic (exact) mass is 563 g/mol. The molecule has 1 fully saturated rings. The zero-order chi connectivity index (χ0) is 27.7. The van der Waals surface area contributed by atoms with Gasteiger partial charge in [-0.2, -0.15) is 4.31 Å². The molecule has 0 saturated carbocycles. The van der Waals surface area contributed by atoms with E-state index in [1.54, 1.807) is 18.2 Å². The molecular weight excluding hydrogens is 540 g/mol. The van der Waals surface area contributed by atoms with Crippen molar-refractivity contribution in [3.63, 3.8) is 0 Å². The Morgan fingerprint density at radius 1 is 0.895 bits per heavy atom. The standard InChI is InChI=1S/C26H23F2NO7S2/c1-35-20-12-17(13-21(14-20)36-2)11-18-15-29(38(33,34)22-9-7-19(27)8-10-22)16-25(26(18)30)37(31,32)24-6-4-3-5-23(24)28/h3-14,25H,15-16H2,1-2H3. The lowest BCUT2D eigenvalue weighted by Crippen LogP contribution is -2.51. The molecule has 12 heteroatoms. The van der Waals surface area contributed by atoms with Crippen LogP contribution in [-0.2, 0) is 24.7 Å². The molecule has 3 aromatic carbocycles. The second-order valence-electron chi connectivity index (χ2n) is 8.40. The van der Waals surface area contributed by atoms with Crippen LogP contribution in [-0.4, -0.2) is 59.5 Å². The van der Waals surface area contributed by atoms with Gasteiger partial charge in [-0.25, -0.2) is 25.6 Å². The summed E-state index contributed by atoms with van der Waals surface area (Å²) in [4.78, 5) is 12.5. The number of carbonyl (C=O) groups excluding carboxylic acids is 1. The molecule has 200 valence electrons. The lowest BCUT2D eigenvalue weighted by molar-refractivity contribution is -0.116. The highest BCUT2D eigenvalue weighted by Crippen LogP contribution is 2.31. The zero-order valence-electron chi connectivity index (χ0n) is 20.3. The Balaban J connectivity index is 1.86. The van der Waals surface area contributed by atoms with Gasteiger partial charge in [-0.1, -0.05) is 12.1 Å². The number of ketones is 1. The minimum atomic E-state index is -4.66. The first-order valence-corrected chi connectivity index (χ1v) is 14.2. The molecule has 0 N–H and O–H groups in total. The molecule has 0 radical (unpaired) electrons. The number of ether oxygens (including phenoxy) is 2. The number of carbonyl (C=O) groups is 1. The van der Waals surface area contributed by atoms with Crippen LogP contribution >= 0.6 is 0 Å². The van der Waals surface area contributed by atoms with E-state index in [1.807, 2.05) is 0 Å². The molecule has 0 aromatic heterocycles. The molecule has 4 rings (SSSR count). The van der Waals surface area contributed by atoms with E-state index in [0.29, 0.717) is 17.1 Å². The highest BCUT2D eigenvalue weighted by atomic mass is 32.2. The van der Waals surface area contributed by atoms with Crippen molar-refractivity contribution in [2.24, 2.45) is 0 Å². The average molecular weight is 564 g/mol. The van der Waals surface area contributed by atoms with E-state index in [4.69, 9.17) is 9.47 Å². The summed E-state index contributed by atoms with van der Waals surface area (Å²) >= 11 is 0. The minimum Gasteiger partial charge on any atom is -0.497 e. The second-order valence-corrected chi connectivity index (χ2v) is 12.4. The smallest absolute Gasteiger partial charge is 0.243 e. The topological polar surface area (TPSA) is 107 Å². The molecule has 1 aliphatic heterocycles. The van der Waals surface area contributed by atoms with Gasteiger partial charge in [-0.05, 0) is 60.2 Å². The number of methoxy groups -OCH3 is 2. The van der Waals surface area contributed by atoms with Gasteiger partial charge in [-0.3, -0.25) is 4.79 Å². The Labute approximate surface area is 219 Å². The van der Waals surface area contributed by atoms with Crippen LogP contribution in [0.25, 0.3) is 6.08 Å². The van der Waals surface area contributed by atoms with E-state index < -0.39 is 60.5 Å². The molecule has 0 bridgehead atoms. The van der Waals surface area contributed by atoms with Gasteiger partial charge in [-0.15, -0.1) is 0 Å². The first kappa shape index (κ1) is 27.4. The number of nitrogens with zero attached hydrogens (tertiary/aromatic N) is 1. The van der Waals surface area contributed by atoms with Gasteiger partial charge in [0.2, 0.25) is 10.0 Å². The van der Waals surface area contributed by atoms with Gasteiger partial charge >= 0.3 is 0 Å². The summed E-state index contributed by atoms with van der Waals surface area (Å²) in [5.41, 5.74) is 0.231. The van der Waals surface area contributed by atoms with Crippen molar-refractivity contribution in [1.29, 1.82) is 0 Å². The lowest BCUT2D eigenvalue weighted by atomic mass is 10.0. The van der Waals surface area contributed by atoms with Crippen LogP contribution in [0.4, 0.5) is 8.78 Å². The number of rotatable bonds is 7. The van der Waals surface area contributed by atoms with Crippen LogP contribution in [0.3, 0.4) is 0 Å². The van der Waals surface area contributed by atoms with Gasteiger partial charge in [0.1, 0.15) is 33.3 Å². The maximum Gasteiger partial charge on any atom is 0.243 e. The predicted octanol–water partition coefficient (Wildman–Crippen LogP) is 3.48. The summed E-state index contributed by atoms with van der Waals surface area (Å²) in [5, 5.41) is -1.93. The van der Waals surface area contributed by atoms with Gasteiger partial charge < -0.3 is 9.47 Å². The van der Waals surface area contributed by atoms with Crippen molar-refractivity contribution in [3.05, 3.63) is 89.5 Å². The van der Waals surface area contributed by atoms with Crippen molar-refractivity contribution >= 4 is 31.7 Å². The Kier molecular flexibility index (Phi) is 7.68. The largest absolute Gasteiger partial charge is 0.497 e. The maximum absolute atomic E-state index is 14.5. The normalized spacial score (nSPS) is 17.9. The molecule has 0 spiro atoms. The van der Waals surface area contributed by atoms with Crippen molar-refractivity contribution in [3.8, 4) is 11.5 Å². The summed E-state index contributed by atoms with van der Waals surface area (Å²) in [6.07, 6.45) is 1.34. The van der Waals surface area contributed by atoms with E-state index in [9.17, 15) is 30.4 Å². The molecule has 1 atom stereocenters. The summed E-state index contributed by atoms with van der Waals surface area (Å²) < 4.78 is 93.1. The number of halogens is 2. The summed E-state index contributed by atoms with van der Waals surface area (Å²) in [6, 6.07) is 13.2. The summed E-state index contributed by atoms with van der Waals surface area (Å²) in [5.74, 6) is -1.84. The van der Waals surface area contributed by atoms with Crippen LogP contribution in [0.1, 0.15) is 5.56 Å². The minimum absolute atomic E-state index is 0.151. The molecule has 3 aromatic rings. The summed E-state index contributed by atoms with van der Waals surface area (Å²) in [7, 11) is -6.18.